The van der Waals surface area contributed by atoms with Gasteiger partial charge in [0.05, 0.1) is 22.7 Å². The highest BCUT2D eigenvalue weighted by atomic mass is 79.9. The Morgan fingerprint density at radius 1 is 1.42 bits per heavy atom. The third-order valence-corrected chi connectivity index (χ3v) is 2.66. The van der Waals surface area contributed by atoms with Crippen LogP contribution >= 0.6 is 15.9 Å². The first-order valence-corrected chi connectivity index (χ1v) is 5.86. The summed E-state index contributed by atoms with van der Waals surface area (Å²) in [5, 5.41) is 19.7. The van der Waals surface area contributed by atoms with E-state index in [1.54, 1.807) is 6.07 Å². The van der Waals surface area contributed by atoms with Crippen LogP contribution in [-0.4, -0.2) is 9.91 Å². The van der Waals surface area contributed by atoms with Gasteiger partial charge in [0, 0.05) is 16.7 Å². The number of non-ortho nitro benzene ring substituents is 1. The van der Waals surface area contributed by atoms with Gasteiger partial charge in [-0.2, -0.15) is 5.26 Å². The molecular weight excluding hydrogens is 314 g/mol. The van der Waals surface area contributed by atoms with Gasteiger partial charge in [0.25, 0.3) is 5.69 Å². The van der Waals surface area contributed by atoms with Crippen LogP contribution in [0.25, 0.3) is 0 Å². The summed E-state index contributed by atoms with van der Waals surface area (Å²) in [4.78, 5) is 14.1. The first-order valence-electron chi connectivity index (χ1n) is 5.07. The number of hydrogen-bond acceptors (Lipinski definition) is 5. The Balaban J connectivity index is 2.39. The minimum absolute atomic E-state index is 0.105. The molecule has 0 fully saturated rings. The molecule has 0 aliphatic carbocycles. The van der Waals surface area contributed by atoms with Gasteiger partial charge in [-0.15, -0.1) is 0 Å². The topological polar surface area (TPSA) is 89.0 Å². The van der Waals surface area contributed by atoms with E-state index in [-0.39, 0.29) is 17.2 Å². The number of nitrogens with zero attached hydrogens (tertiary/aromatic N) is 3. The molecule has 6 nitrogen and oxygen atoms in total. The summed E-state index contributed by atoms with van der Waals surface area (Å²) in [6, 6.07) is 7.67. The van der Waals surface area contributed by atoms with Crippen molar-refractivity contribution >= 4 is 21.6 Å². The Bertz CT molecular complexity index is 682. The van der Waals surface area contributed by atoms with Crippen molar-refractivity contribution in [1.82, 2.24) is 4.98 Å². The number of hydrogen-bond donors (Lipinski definition) is 0. The van der Waals surface area contributed by atoms with E-state index in [1.807, 2.05) is 6.07 Å². The first kappa shape index (κ1) is 13.0. The van der Waals surface area contributed by atoms with Gasteiger partial charge in [-0.25, -0.2) is 0 Å². The van der Waals surface area contributed by atoms with Crippen molar-refractivity contribution < 1.29 is 9.66 Å². The summed E-state index contributed by atoms with van der Waals surface area (Å²) < 4.78 is 5.97. The van der Waals surface area contributed by atoms with Crippen molar-refractivity contribution in [2.45, 2.75) is 0 Å². The van der Waals surface area contributed by atoms with E-state index >= 15 is 0 Å². The number of pyridine rings is 1. The summed E-state index contributed by atoms with van der Waals surface area (Å²) in [6.07, 6.45) is 2.85. The van der Waals surface area contributed by atoms with Crippen LogP contribution in [0.3, 0.4) is 0 Å². The molecule has 0 unspecified atom stereocenters. The summed E-state index contributed by atoms with van der Waals surface area (Å²) in [7, 11) is 0. The molecule has 0 bridgehead atoms. The Kier molecular flexibility index (Phi) is 3.73. The predicted octanol–water partition coefficient (Wildman–Crippen LogP) is 3.42. The quantitative estimate of drug-likeness (QED) is 0.638. The number of nitro benzene ring substituents is 1. The van der Waals surface area contributed by atoms with Gasteiger partial charge in [0.15, 0.2) is 5.75 Å². The van der Waals surface area contributed by atoms with E-state index in [0.29, 0.717) is 10.0 Å². The number of nitro groups is 1. The van der Waals surface area contributed by atoms with E-state index in [2.05, 4.69) is 20.9 Å². The molecule has 0 spiro atoms. The SMILES string of the molecule is N#Cc1ccncc1Oc1cc(Br)cc([N+](=O)[O-])c1. The fourth-order valence-corrected chi connectivity index (χ4v) is 1.85. The Morgan fingerprint density at radius 3 is 2.89 bits per heavy atom. The maximum atomic E-state index is 10.7. The predicted molar refractivity (Wildman–Crippen MR) is 69.8 cm³/mol. The zero-order valence-corrected chi connectivity index (χ0v) is 11.0. The normalized spacial score (nSPS) is 9.68. The van der Waals surface area contributed by atoms with Crippen molar-refractivity contribution in [2.75, 3.05) is 0 Å². The lowest BCUT2D eigenvalue weighted by atomic mass is 10.2. The largest absolute Gasteiger partial charge is 0.454 e. The van der Waals surface area contributed by atoms with Crippen molar-refractivity contribution in [1.29, 1.82) is 5.26 Å². The molecule has 2 rings (SSSR count). The number of nitriles is 1. The van der Waals surface area contributed by atoms with E-state index in [9.17, 15) is 10.1 Å². The van der Waals surface area contributed by atoms with E-state index < -0.39 is 4.92 Å². The molecule has 94 valence electrons. The molecule has 0 radical (unpaired) electrons. The number of ether oxygens (including phenoxy) is 1. The third kappa shape index (κ3) is 3.05. The van der Waals surface area contributed by atoms with Crippen molar-refractivity contribution in [3.05, 3.63) is 56.8 Å². The molecule has 1 aromatic heterocycles. The Hall–Kier alpha value is -2.46. The molecule has 0 saturated heterocycles. The van der Waals surface area contributed by atoms with Gasteiger partial charge >= 0.3 is 0 Å². The lowest BCUT2D eigenvalue weighted by Crippen LogP contribution is -1.92. The van der Waals surface area contributed by atoms with Crippen LogP contribution in [0.1, 0.15) is 5.56 Å². The van der Waals surface area contributed by atoms with Gasteiger partial charge in [-0.3, -0.25) is 15.1 Å². The molecule has 7 heteroatoms. The first-order chi connectivity index (χ1) is 9.10. The fraction of sp³-hybridized carbons (Fsp3) is 0. The van der Waals surface area contributed by atoms with Crippen molar-refractivity contribution in [2.24, 2.45) is 0 Å². The van der Waals surface area contributed by atoms with E-state index in [4.69, 9.17) is 10.00 Å². The monoisotopic (exact) mass is 319 g/mol. The Labute approximate surface area is 116 Å². The van der Waals surface area contributed by atoms with Gasteiger partial charge in [-0.05, 0) is 12.1 Å². The summed E-state index contributed by atoms with van der Waals surface area (Å²) in [5.74, 6) is 0.503. The number of halogens is 1. The van der Waals surface area contributed by atoms with Crippen molar-refractivity contribution in [3.8, 4) is 17.6 Å². The minimum Gasteiger partial charge on any atom is -0.454 e. The number of aromatic nitrogens is 1. The molecule has 0 N–H and O–H groups in total. The van der Waals surface area contributed by atoms with Gasteiger partial charge < -0.3 is 4.74 Å². The zero-order chi connectivity index (χ0) is 13.8. The van der Waals surface area contributed by atoms with Crippen LogP contribution in [0, 0.1) is 21.4 Å². The van der Waals surface area contributed by atoms with Crippen LogP contribution in [0.5, 0.6) is 11.5 Å². The fourth-order valence-electron chi connectivity index (χ4n) is 1.39. The molecule has 0 amide bonds. The van der Waals surface area contributed by atoms with Crippen LogP contribution < -0.4 is 4.74 Å². The van der Waals surface area contributed by atoms with Gasteiger partial charge in [0.2, 0.25) is 0 Å². The van der Waals surface area contributed by atoms with E-state index in [1.165, 1.54) is 30.6 Å². The summed E-state index contributed by atoms with van der Waals surface area (Å²) >= 11 is 3.17. The molecule has 0 saturated carbocycles. The molecular formula is C12H6BrN3O3. The maximum Gasteiger partial charge on any atom is 0.274 e. The molecule has 1 heterocycles. The maximum absolute atomic E-state index is 10.7. The summed E-state index contributed by atoms with van der Waals surface area (Å²) in [6.45, 7) is 0. The van der Waals surface area contributed by atoms with Gasteiger partial charge in [0.1, 0.15) is 11.8 Å². The molecule has 0 atom stereocenters. The smallest absolute Gasteiger partial charge is 0.274 e. The second-order valence-corrected chi connectivity index (χ2v) is 4.40. The van der Waals surface area contributed by atoms with Gasteiger partial charge in [-0.1, -0.05) is 15.9 Å². The molecule has 19 heavy (non-hydrogen) atoms. The lowest BCUT2D eigenvalue weighted by molar-refractivity contribution is -0.385. The molecule has 2 aromatic rings. The van der Waals surface area contributed by atoms with Crippen LogP contribution in [-0.2, 0) is 0 Å². The van der Waals surface area contributed by atoms with Crippen molar-refractivity contribution in [3.63, 3.8) is 0 Å². The molecule has 0 aliphatic rings. The van der Waals surface area contributed by atoms with E-state index in [0.717, 1.165) is 0 Å². The third-order valence-electron chi connectivity index (χ3n) is 2.20. The lowest BCUT2D eigenvalue weighted by Gasteiger charge is -2.06. The highest BCUT2D eigenvalue weighted by Crippen LogP contribution is 2.30. The average molecular weight is 320 g/mol. The summed E-state index contributed by atoms with van der Waals surface area (Å²) in [5.41, 5.74) is 0.199. The minimum atomic E-state index is -0.522. The molecule has 1 aromatic carbocycles. The van der Waals surface area contributed by atoms with Crippen LogP contribution in [0.4, 0.5) is 5.69 Å². The highest BCUT2D eigenvalue weighted by Gasteiger charge is 2.11. The van der Waals surface area contributed by atoms with Crippen LogP contribution in [0.15, 0.2) is 41.1 Å². The second kappa shape index (κ2) is 5.46. The van der Waals surface area contributed by atoms with Crippen LogP contribution in [0.2, 0.25) is 0 Å². The average Bonchev–Trinajstić information content (AvgIpc) is 2.38. The number of benzene rings is 1. The standard InChI is InChI=1S/C12H6BrN3O3/c13-9-3-10(16(17)18)5-11(4-9)19-12-7-15-2-1-8(12)6-14/h1-5,7H. The number of rotatable bonds is 3. The molecule has 0 aliphatic heterocycles. The second-order valence-electron chi connectivity index (χ2n) is 3.49. The highest BCUT2D eigenvalue weighted by molar-refractivity contribution is 9.10. The Morgan fingerprint density at radius 2 is 2.21 bits per heavy atom. The zero-order valence-electron chi connectivity index (χ0n) is 9.41.